The molecule has 58 heavy (non-hydrogen) atoms. The van der Waals surface area contributed by atoms with E-state index in [1.54, 1.807) is 24.3 Å². The number of hydrogen-bond acceptors (Lipinski definition) is 12. The summed E-state index contributed by atoms with van der Waals surface area (Å²) in [5.74, 6) is 2.19. The summed E-state index contributed by atoms with van der Waals surface area (Å²) in [4.78, 5) is 24.3. The number of nitro benzene ring substituents is 2. The highest BCUT2D eigenvalue weighted by Gasteiger charge is 2.26. The maximum Gasteiger partial charge on any atom is 0.270 e. The second-order valence-electron chi connectivity index (χ2n) is 14.7. The number of fused-ring (bicyclic) bond motifs is 2. The predicted octanol–water partition coefficient (Wildman–Crippen LogP) is 7.59. The summed E-state index contributed by atoms with van der Waals surface area (Å²) in [7, 11) is 0. The molecule has 10 bridgehead atoms. The van der Waals surface area contributed by atoms with Crippen molar-refractivity contribution in [3.63, 3.8) is 0 Å². The fourth-order valence-corrected chi connectivity index (χ4v) is 7.17. The molecule has 1 heterocycles. The molecule has 4 aromatic rings. The average Bonchev–Trinajstić information content (AvgIpc) is 3.17. The van der Waals surface area contributed by atoms with E-state index in [1.807, 2.05) is 64.1 Å². The Labute approximate surface area is 338 Å². The minimum Gasteiger partial charge on any atom is -0.491 e. The van der Waals surface area contributed by atoms with Crippen LogP contribution in [0.15, 0.2) is 60.7 Å². The predicted molar refractivity (Wildman–Crippen MR) is 216 cm³/mol. The van der Waals surface area contributed by atoms with Crippen molar-refractivity contribution in [1.29, 1.82) is 0 Å². The maximum atomic E-state index is 12.5. The Morgan fingerprint density at radius 3 is 1.00 bits per heavy atom. The highest BCUT2D eigenvalue weighted by Crippen LogP contribution is 2.41. The van der Waals surface area contributed by atoms with Gasteiger partial charge in [0.1, 0.15) is 36.2 Å². The van der Waals surface area contributed by atoms with Crippen LogP contribution in [0.3, 0.4) is 0 Å². The van der Waals surface area contributed by atoms with Crippen molar-refractivity contribution in [3.05, 3.63) is 125 Å². The van der Waals surface area contributed by atoms with E-state index in [0.29, 0.717) is 84.9 Å². The number of hydrogen-bond donors (Lipinski definition) is 0. The van der Waals surface area contributed by atoms with Gasteiger partial charge in [-0.25, -0.2) is 0 Å². The summed E-state index contributed by atoms with van der Waals surface area (Å²) in [6.45, 7) is 10.9. The van der Waals surface area contributed by atoms with E-state index in [-0.39, 0.29) is 85.5 Å². The molecule has 0 radical (unpaired) electrons. The highest BCUT2D eigenvalue weighted by atomic mass is 16.6. The number of non-ortho nitro benzene ring substituents is 2. The van der Waals surface area contributed by atoms with Gasteiger partial charge in [-0.1, -0.05) is 36.4 Å². The van der Waals surface area contributed by atoms with Gasteiger partial charge >= 0.3 is 0 Å². The van der Waals surface area contributed by atoms with Gasteiger partial charge in [0.15, 0.2) is 0 Å². The van der Waals surface area contributed by atoms with E-state index in [1.165, 1.54) is 0 Å². The zero-order valence-corrected chi connectivity index (χ0v) is 33.6. The molecule has 1 aliphatic carbocycles. The van der Waals surface area contributed by atoms with Crippen molar-refractivity contribution in [2.45, 2.75) is 65.6 Å². The molecular formula is C44H52N2O12. The lowest BCUT2D eigenvalue weighted by Crippen LogP contribution is -2.15. The van der Waals surface area contributed by atoms with Crippen molar-refractivity contribution in [2.75, 3.05) is 66.1 Å². The minimum atomic E-state index is -0.388. The number of para-hydroxylation sites is 2. The van der Waals surface area contributed by atoms with Gasteiger partial charge < -0.3 is 37.9 Å². The Hall–Kier alpha value is -5.28. The summed E-state index contributed by atoms with van der Waals surface area (Å²) in [6.07, 6.45) is 0.430. The van der Waals surface area contributed by atoms with E-state index in [9.17, 15) is 20.2 Å². The van der Waals surface area contributed by atoms with E-state index >= 15 is 0 Å². The number of nitro groups is 2. The summed E-state index contributed by atoms with van der Waals surface area (Å²) in [6, 6.07) is 17.7. The molecule has 2 aliphatic rings. The summed E-state index contributed by atoms with van der Waals surface area (Å²) in [5.41, 5.74) is 5.32. The third-order valence-corrected chi connectivity index (χ3v) is 9.53. The van der Waals surface area contributed by atoms with Crippen LogP contribution in [-0.4, -0.2) is 88.1 Å². The molecule has 0 N–H and O–H groups in total. The van der Waals surface area contributed by atoms with Crippen LogP contribution in [0.1, 0.15) is 72.2 Å². The highest BCUT2D eigenvalue weighted by molar-refractivity contribution is 5.60. The third-order valence-electron chi connectivity index (χ3n) is 9.53. The fraction of sp³-hybridized carbons (Fsp3) is 0.455. The summed E-state index contributed by atoms with van der Waals surface area (Å²) in [5, 5.41) is 25.0. The van der Waals surface area contributed by atoms with Gasteiger partial charge in [0, 0.05) is 72.2 Å². The Morgan fingerprint density at radius 2 is 0.741 bits per heavy atom. The lowest BCUT2D eigenvalue weighted by atomic mass is 9.90. The zero-order chi connectivity index (χ0) is 41.0. The number of rotatable bonds is 6. The van der Waals surface area contributed by atoms with Crippen LogP contribution in [0.5, 0.6) is 23.0 Å². The van der Waals surface area contributed by atoms with Crippen molar-refractivity contribution < 1.29 is 47.7 Å². The molecule has 14 heteroatoms. The molecule has 0 amide bonds. The van der Waals surface area contributed by atoms with Crippen LogP contribution < -0.4 is 18.9 Å². The van der Waals surface area contributed by atoms with Crippen molar-refractivity contribution in [2.24, 2.45) is 0 Å². The standard InChI is InChI=1S/C44H52N2O12/c1-29(2)57-43-35-21-31-7-5-9-33-23-37-27-40(46(49)50)28-38(44(37)58-30(3)4)24-34-10-6-8-32(22-36(43)26-39(25-35)45(47)48)42(34)56-20-18-54-16-14-52-12-11-51-13-15-53-17-19-55-41(31)33/h5-10,25-30H,11-24H2,1-4H3. The maximum absolute atomic E-state index is 12.5. The molecule has 0 aromatic heterocycles. The second-order valence-corrected chi connectivity index (χ2v) is 14.7. The molecule has 0 saturated carbocycles. The molecule has 0 unspecified atom stereocenters. The number of ether oxygens (including phenoxy) is 8. The van der Waals surface area contributed by atoms with E-state index < -0.39 is 0 Å². The smallest absolute Gasteiger partial charge is 0.270 e. The van der Waals surface area contributed by atoms with Gasteiger partial charge in [0.25, 0.3) is 11.4 Å². The van der Waals surface area contributed by atoms with Crippen LogP contribution in [0.2, 0.25) is 0 Å². The quantitative estimate of drug-likeness (QED) is 0.122. The molecule has 0 fully saturated rings. The SMILES string of the molecule is CC(C)Oc1c2cc([N+](=O)[O-])cc1Cc1cccc3c1OCCOCCOCCOCCOCCOc1c(cccc1Cc1cc([N+](=O)[O-])cc(c1OC(C)C)C3)C2. The third kappa shape index (κ3) is 11.2. The first-order valence-electron chi connectivity index (χ1n) is 19.8. The van der Waals surface area contributed by atoms with E-state index in [4.69, 9.17) is 37.9 Å². The number of nitrogens with zero attached hydrogens (tertiary/aromatic N) is 2. The lowest BCUT2D eigenvalue weighted by molar-refractivity contribution is -0.385. The van der Waals surface area contributed by atoms with Crippen LogP contribution in [0.25, 0.3) is 0 Å². The van der Waals surface area contributed by atoms with Crippen LogP contribution in [0.4, 0.5) is 11.4 Å². The molecule has 14 nitrogen and oxygen atoms in total. The average molecular weight is 801 g/mol. The molecule has 0 spiro atoms. The first kappa shape index (κ1) is 42.3. The van der Waals surface area contributed by atoms with Crippen LogP contribution in [-0.2, 0) is 44.6 Å². The minimum absolute atomic E-state index is 0.0687. The largest absolute Gasteiger partial charge is 0.491 e. The van der Waals surface area contributed by atoms with Gasteiger partial charge in [0.05, 0.1) is 74.9 Å². The molecule has 1 aliphatic heterocycles. The lowest BCUT2D eigenvalue weighted by Gasteiger charge is -2.24. The second kappa shape index (κ2) is 20.4. The van der Waals surface area contributed by atoms with Crippen LogP contribution >= 0.6 is 0 Å². The topological polar surface area (TPSA) is 160 Å². The molecular weight excluding hydrogens is 748 g/mol. The van der Waals surface area contributed by atoms with E-state index in [2.05, 4.69) is 0 Å². The monoisotopic (exact) mass is 800 g/mol. The first-order valence-corrected chi connectivity index (χ1v) is 19.8. The fourth-order valence-electron chi connectivity index (χ4n) is 7.17. The molecule has 4 aromatic carbocycles. The van der Waals surface area contributed by atoms with Gasteiger partial charge in [-0.05, 0) is 49.9 Å². The van der Waals surface area contributed by atoms with Gasteiger partial charge in [-0.15, -0.1) is 0 Å². The summed E-state index contributed by atoms with van der Waals surface area (Å²) >= 11 is 0. The van der Waals surface area contributed by atoms with Gasteiger partial charge in [-0.2, -0.15) is 0 Å². The van der Waals surface area contributed by atoms with Crippen molar-refractivity contribution in [3.8, 4) is 23.0 Å². The normalized spacial score (nSPS) is 15.9. The van der Waals surface area contributed by atoms with Crippen molar-refractivity contribution in [1.82, 2.24) is 0 Å². The summed E-state index contributed by atoms with van der Waals surface area (Å²) < 4.78 is 49.2. The molecule has 310 valence electrons. The molecule has 6 rings (SSSR count). The van der Waals surface area contributed by atoms with Crippen LogP contribution in [0, 0.1) is 20.2 Å². The Morgan fingerprint density at radius 1 is 0.466 bits per heavy atom. The first-order chi connectivity index (χ1) is 28.1. The van der Waals surface area contributed by atoms with E-state index in [0.717, 1.165) is 22.3 Å². The van der Waals surface area contributed by atoms with Gasteiger partial charge in [0.2, 0.25) is 0 Å². The van der Waals surface area contributed by atoms with Crippen molar-refractivity contribution >= 4 is 11.4 Å². The Kier molecular flexibility index (Phi) is 14.9. The molecule has 0 atom stereocenters. The molecule has 0 saturated heterocycles. The Bertz CT molecular complexity index is 1810. The van der Waals surface area contributed by atoms with Gasteiger partial charge in [-0.3, -0.25) is 20.2 Å². The Balaban J connectivity index is 1.60. The zero-order valence-electron chi connectivity index (χ0n) is 33.6. The number of benzene rings is 4.